The van der Waals surface area contributed by atoms with Crippen molar-refractivity contribution in [3.63, 3.8) is 0 Å². The molecule has 0 spiro atoms. The van der Waals surface area contributed by atoms with E-state index in [1.165, 1.54) is 41.8 Å². The summed E-state index contributed by atoms with van der Waals surface area (Å²) in [7, 11) is 0. The second kappa shape index (κ2) is 3.02. The van der Waals surface area contributed by atoms with Gasteiger partial charge in [0.05, 0.1) is 0 Å². The van der Waals surface area contributed by atoms with E-state index in [1.54, 1.807) is 12.1 Å². The first-order valence-electron chi connectivity index (χ1n) is 4.22. The normalized spacial score (nSPS) is 20.2. The van der Waals surface area contributed by atoms with E-state index in [9.17, 15) is 4.39 Å². The Labute approximate surface area is 85.3 Å². The van der Waals surface area contributed by atoms with Gasteiger partial charge < -0.3 is 0 Å². The first kappa shape index (κ1) is 8.54. The fourth-order valence-corrected chi connectivity index (χ4v) is 3.24. The molecule has 0 nitrogen and oxygen atoms in total. The van der Waals surface area contributed by atoms with Crippen molar-refractivity contribution in [2.45, 2.75) is 22.7 Å². The predicted octanol–water partition coefficient (Wildman–Crippen LogP) is 2.37. The molecule has 0 aliphatic heterocycles. The molecule has 1 aliphatic rings. The molecule has 1 aliphatic carbocycles. The summed E-state index contributed by atoms with van der Waals surface area (Å²) < 4.78 is 13.5. The Hall–Kier alpha value is -0.0513. The van der Waals surface area contributed by atoms with Gasteiger partial charge in [-0.2, -0.15) is 0 Å². The van der Waals surface area contributed by atoms with Gasteiger partial charge in [-0.15, -0.1) is 0 Å². The van der Waals surface area contributed by atoms with Crippen LogP contribution in [0.5, 0.6) is 0 Å². The molecule has 0 unspecified atom stereocenters. The molecule has 1 aromatic carbocycles. The van der Waals surface area contributed by atoms with E-state index >= 15 is 0 Å². The maximum absolute atomic E-state index is 13.3. The van der Waals surface area contributed by atoms with Gasteiger partial charge in [-0.25, -0.2) is 0 Å². The monoisotopic (exact) mass is 269 g/mol. The quantitative estimate of drug-likeness (QED) is 0.686. The molecule has 2 rings (SSSR count). The van der Waals surface area contributed by atoms with Crippen LogP contribution in [-0.2, 0) is 3.43 Å². The molecule has 0 saturated heterocycles. The number of benzene rings is 1. The summed E-state index contributed by atoms with van der Waals surface area (Å²) in [5, 5.41) is 0. The zero-order valence-corrected chi connectivity index (χ0v) is 9.66. The molecule has 3 radical (unpaired) electrons. The molecule has 0 bridgehead atoms. The Balaban J connectivity index is 2.39. The van der Waals surface area contributed by atoms with E-state index in [4.69, 9.17) is 0 Å². The third-order valence-corrected chi connectivity index (χ3v) is 4.79. The van der Waals surface area contributed by atoms with Crippen molar-refractivity contribution in [1.82, 2.24) is 0 Å². The van der Waals surface area contributed by atoms with Crippen LogP contribution in [0.3, 0.4) is 0 Å². The Morgan fingerprint density at radius 1 is 1.25 bits per heavy atom. The average molecular weight is 268 g/mol. The van der Waals surface area contributed by atoms with Crippen molar-refractivity contribution >= 4 is 22.5 Å². The van der Waals surface area contributed by atoms with E-state index in [1.807, 2.05) is 12.1 Å². The van der Waals surface area contributed by atoms with Gasteiger partial charge in [0.15, 0.2) is 0 Å². The summed E-state index contributed by atoms with van der Waals surface area (Å²) in [4.78, 5) is 0. The predicted molar refractivity (Wildman–Crippen MR) is 47.7 cm³/mol. The molecule has 1 saturated carbocycles. The molecule has 12 heavy (non-hydrogen) atoms. The van der Waals surface area contributed by atoms with Gasteiger partial charge >= 0.3 is 85.3 Å². The molecule has 2 heteroatoms. The molecule has 0 heterocycles. The Kier molecular flexibility index (Phi) is 2.15. The van der Waals surface area contributed by atoms with Gasteiger partial charge in [0.1, 0.15) is 0 Å². The van der Waals surface area contributed by atoms with Crippen molar-refractivity contribution in [1.29, 1.82) is 0 Å². The van der Waals surface area contributed by atoms with Crippen molar-refractivity contribution in [3.8, 4) is 0 Å². The summed E-state index contributed by atoms with van der Waals surface area (Å²) >= 11 is 1.46. The number of rotatable bonds is 1. The first-order chi connectivity index (χ1) is 5.72. The average Bonchev–Trinajstić information content (AvgIpc) is 2.01. The SMILES string of the molecule is Fc1ccccc1[C]1([Sn])CCC1. The van der Waals surface area contributed by atoms with Crippen LogP contribution in [0.15, 0.2) is 24.3 Å². The van der Waals surface area contributed by atoms with Crippen molar-refractivity contribution in [2.75, 3.05) is 0 Å². The fourth-order valence-electron chi connectivity index (χ4n) is 1.65. The van der Waals surface area contributed by atoms with Crippen LogP contribution < -0.4 is 0 Å². The van der Waals surface area contributed by atoms with Gasteiger partial charge in [0, 0.05) is 0 Å². The van der Waals surface area contributed by atoms with Crippen LogP contribution in [0.2, 0.25) is 0 Å². The summed E-state index contributed by atoms with van der Waals surface area (Å²) in [6.45, 7) is 0. The molecule has 0 aromatic heterocycles. The van der Waals surface area contributed by atoms with E-state index in [0.717, 1.165) is 5.56 Å². The molecule has 0 amide bonds. The van der Waals surface area contributed by atoms with Crippen molar-refractivity contribution < 1.29 is 4.39 Å². The van der Waals surface area contributed by atoms with Crippen molar-refractivity contribution in [2.24, 2.45) is 0 Å². The van der Waals surface area contributed by atoms with Crippen LogP contribution in [0.25, 0.3) is 0 Å². The second-order valence-electron chi connectivity index (χ2n) is 3.42. The molecule has 0 N–H and O–H groups in total. The molecular formula is C10H10FSn. The summed E-state index contributed by atoms with van der Waals surface area (Å²) in [6, 6.07) is 7.20. The standard InChI is InChI=1S/C10H10F.Sn/c11-10-7-2-1-6-9(10)8-4-3-5-8;/h1-2,6-7H,3-5H2;. The summed E-state index contributed by atoms with van der Waals surface area (Å²) in [5.74, 6) is -0.0194. The Morgan fingerprint density at radius 3 is 2.42 bits per heavy atom. The fraction of sp³-hybridized carbons (Fsp3) is 0.400. The molecule has 61 valence electrons. The van der Waals surface area contributed by atoms with E-state index in [0.29, 0.717) is 0 Å². The minimum absolute atomic E-state index is 0.0194. The van der Waals surface area contributed by atoms with Gasteiger partial charge in [0.2, 0.25) is 0 Å². The molecule has 1 aromatic rings. The van der Waals surface area contributed by atoms with Gasteiger partial charge in [-0.3, -0.25) is 0 Å². The molecule has 1 fully saturated rings. The van der Waals surface area contributed by atoms with Crippen molar-refractivity contribution in [3.05, 3.63) is 35.6 Å². The zero-order valence-electron chi connectivity index (χ0n) is 6.81. The number of hydrogen-bond donors (Lipinski definition) is 0. The third-order valence-electron chi connectivity index (χ3n) is 2.60. The Morgan fingerprint density at radius 2 is 1.92 bits per heavy atom. The van der Waals surface area contributed by atoms with Gasteiger partial charge in [-0.05, 0) is 0 Å². The van der Waals surface area contributed by atoms with Gasteiger partial charge in [0.25, 0.3) is 0 Å². The van der Waals surface area contributed by atoms with Crippen LogP contribution >= 0.6 is 0 Å². The zero-order chi connectivity index (χ0) is 8.60. The summed E-state index contributed by atoms with van der Waals surface area (Å²) in [5.41, 5.74) is 0.939. The first-order valence-corrected chi connectivity index (χ1v) is 5.65. The van der Waals surface area contributed by atoms with E-state index < -0.39 is 0 Å². The Bertz CT molecular complexity index is 292. The topological polar surface area (TPSA) is 0 Å². The van der Waals surface area contributed by atoms with E-state index in [-0.39, 0.29) is 9.25 Å². The van der Waals surface area contributed by atoms with Gasteiger partial charge in [-0.1, -0.05) is 0 Å². The van der Waals surface area contributed by atoms with Crippen LogP contribution in [-0.4, -0.2) is 22.5 Å². The minimum atomic E-state index is -0.0194. The molecule has 0 atom stereocenters. The maximum atomic E-state index is 13.3. The van der Waals surface area contributed by atoms with Crippen LogP contribution in [0.4, 0.5) is 4.39 Å². The number of halogens is 1. The van der Waals surface area contributed by atoms with Crippen LogP contribution in [0.1, 0.15) is 24.8 Å². The molecular weight excluding hydrogens is 258 g/mol. The third kappa shape index (κ3) is 1.28. The summed E-state index contributed by atoms with van der Waals surface area (Å²) in [6.07, 6.45) is 3.61. The van der Waals surface area contributed by atoms with Crippen LogP contribution in [0, 0.1) is 5.82 Å². The number of hydrogen-bond acceptors (Lipinski definition) is 0. The van der Waals surface area contributed by atoms with E-state index in [2.05, 4.69) is 0 Å². The second-order valence-corrected chi connectivity index (χ2v) is 6.15.